The zero-order valence-electron chi connectivity index (χ0n) is 10.4. The van der Waals surface area contributed by atoms with E-state index in [1.54, 1.807) is 12.1 Å². The number of phenolic OH excluding ortho intramolecular Hbond substituents is 4. The van der Waals surface area contributed by atoms with Gasteiger partial charge in [0.05, 0.1) is 0 Å². The van der Waals surface area contributed by atoms with Crippen LogP contribution >= 0.6 is 0 Å². The second-order valence-corrected chi connectivity index (χ2v) is 4.40. The van der Waals surface area contributed by atoms with Crippen molar-refractivity contribution in [3.8, 4) is 23.0 Å². The summed E-state index contributed by atoms with van der Waals surface area (Å²) in [7, 11) is 0. The van der Waals surface area contributed by atoms with E-state index in [-0.39, 0.29) is 23.0 Å². The van der Waals surface area contributed by atoms with Gasteiger partial charge in [0, 0.05) is 11.1 Å². The van der Waals surface area contributed by atoms with Crippen molar-refractivity contribution in [2.24, 2.45) is 0 Å². The minimum Gasteiger partial charge on any atom is -0.508 e. The van der Waals surface area contributed by atoms with E-state index in [0.717, 1.165) is 0 Å². The summed E-state index contributed by atoms with van der Waals surface area (Å²) < 4.78 is 0. The van der Waals surface area contributed by atoms with Crippen molar-refractivity contribution in [3.63, 3.8) is 0 Å². The first-order valence-corrected chi connectivity index (χ1v) is 6.09. The van der Waals surface area contributed by atoms with Gasteiger partial charge in [0.25, 0.3) is 0 Å². The van der Waals surface area contributed by atoms with Crippen LogP contribution in [-0.2, 0) is 12.8 Å². The van der Waals surface area contributed by atoms with Crippen LogP contribution in [0.4, 0.5) is 0 Å². The van der Waals surface area contributed by atoms with Gasteiger partial charge < -0.3 is 20.4 Å². The standard InChI is InChI=1S/C15H16O4/c16-12-6-2-7-13(17)10(12)4-1-5-11-14(18)8-3-9-15(11)19/h2-3,6-9,16-19H,1,4-5H2. The van der Waals surface area contributed by atoms with Gasteiger partial charge in [0.1, 0.15) is 23.0 Å². The minimum atomic E-state index is 0.0569. The normalized spacial score (nSPS) is 10.5. The van der Waals surface area contributed by atoms with Crippen LogP contribution in [0.3, 0.4) is 0 Å². The van der Waals surface area contributed by atoms with Crippen molar-refractivity contribution in [3.05, 3.63) is 47.5 Å². The Balaban J connectivity index is 2.05. The zero-order chi connectivity index (χ0) is 13.8. The van der Waals surface area contributed by atoms with E-state index in [0.29, 0.717) is 30.4 Å². The molecule has 0 spiro atoms. The molecule has 0 aliphatic heterocycles. The number of benzene rings is 2. The Labute approximate surface area is 111 Å². The van der Waals surface area contributed by atoms with Gasteiger partial charge in [-0.2, -0.15) is 0 Å². The second-order valence-electron chi connectivity index (χ2n) is 4.40. The average Bonchev–Trinajstić information content (AvgIpc) is 2.36. The molecular formula is C15H16O4. The van der Waals surface area contributed by atoms with Crippen molar-refractivity contribution in [2.75, 3.05) is 0 Å². The highest BCUT2D eigenvalue weighted by Gasteiger charge is 2.09. The van der Waals surface area contributed by atoms with Gasteiger partial charge in [-0.05, 0) is 43.5 Å². The molecule has 0 aromatic heterocycles. The summed E-state index contributed by atoms with van der Waals surface area (Å²) in [4.78, 5) is 0. The molecule has 2 aromatic carbocycles. The number of hydrogen-bond acceptors (Lipinski definition) is 4. The highest BCUT2D eigenvalue weighted by atomic mass is 16.3. The Bertz CT molecular complexity index is 486. The predicted octanol–water partition coefficient (Wildman–Crippen LogP) is 2.68. The fraction of sp³-hybridized carbons (Fsp3) is 0.200. The summed E-state index contributed by atoms with van der Waals surface area (Å²) in [6.45, 7) is 0. The smallest absolute Gasteiger partial charge is 0.122 e. The van der Waals surface area contributed by atoms with Gasteiger partial charge in [-0.3, -0.25) is 0 Å². The third kappa shape index (κ3) is 2.91. The molecule has 19 heavy (non-hydrogen) atoms. The quantitative estimate of drug-likeness (QED) is 0.681. The molecule has 0 amide bonds. The van der Waals surface area contributed by atoms with E-state index in [9.17, 15) is 20.4 Å². The van der Waals surface area contributed by atoms with Crippen LogP contribution in [0.1, 0.15) is 17.5 Å². The van der Waals surface area contributed by atoms with Crippen molar-refractivity contribution in [2.45, 2.75) is 19.3 Å². The summed E-state index contributed by atoms with van der Waals surface area (Å²) in [5, 5.41) is 38.6. The van der Waals surface area contributed by atoms with Crippen LogP contribution in [0.2, 0.25) is 0 Å². The number of aromatic hydroxyl groups is 4. The Kier molecular flexibility index (Phi) is 3.80. The first-order chi connectivity index (χ1) is 9.09. The van der Waals surface area contributed by atoms with Gasteiger partial charge in [0.15, 0.2) is 0 Å². The van der Waals surface area contributed by atoms with Crippen molar-refractivity contribution < 1.29 is 20.4 Å². The molecule has 0 atom stereocenters. The molecule has 2 rings (SSSR count). The number of phenols is 4. The van der Waals surface area contributed by atoms with Gasteiger partial charge >= 0.3 is 0 Å². The summed E-state index contributed by atoms with van der Waals surface area (Å²) >= 11 is 0. The molecule has 0 aliphatic carbocycles. The molecule has 0 heterocycles. The van der Waals surface area contributed by atoms with Crippen LogP contribution in [-0.4, -0.2) is 20.4 Å². The van der Waals surface area contributed by atoms with Crippen molar-refractivity contribution in [1.82, 2.24) is 0 Å². The Morgan fingerprint density at radius 2 is 0.895 bits per heavy atom. The van der Waals surface area contributed by atoms with Crippen molar-refractivity contribution >= 4 is 0 Å². The lowest BCUT2D eigenvalue weighted by Gasteiger charge is -2.09. The molecule has 2 aromatic rings. The highest BCUT2D eigenvalue weighted by molar-refractivity contribution is 5.44. The molecule has 4 N–H and O–H groups in total. The third-order valence-electron chi connectivity index (χ3n) is 3.11. The third-order valence-corrected chi connectivity index (χ3v) is 3.11. The van der Waals surface area contributed by atoms with Crippen LogP contribution in [0, 0.1) is 0 Å². The fourth-order valence-electron chi connectivity index (χ4n) is 2.08. The summed E-state index contributed by atoms with van der Waals surface area (Å²) in [6, 6.07) is 9.23. The lowest BCUT2D eigenvalue weighted by molar-refractivity contribution is 0.432. The first-order valence-electron chi connectivity index (χ1n) is 6.09. The SMILES string of the molecule is Oc1cccc(O)c1CCCc1c(O)cccc1O. The van der Waals surface area contributed by atoms with E-state index in [4.69, 9.17) is 0 Å². The molecule has 4 heteroatoms. The summed E-state index contributed by atoms with van der Waals surface area (Å²) in [6.07, 6.45) is 1.52. The van der Waals surface area contributed by atoms with Gasteiger partial charge in [-0.15, -0.1) is 0 Å². The maximum atomic E-state index is 9.64. The molecule has 0 saturated carbocycles. The van der Waals surface area contributed by atoms with Crippen LogP contribution < -0.4 is 0 Å². The van der Waals surface area contributed by atoms with E-state index in [2.05, 4.69) is 0 Å². The van der Waals surface area contributed by atoms with Crippen LogP contribution in [0.5, 0.6) is 23.0 Å². The summed E-state index contributed by atoms with van der Waals surface area (Å²) in [5.41, 5.74) is 0.967. The van der Waals surface area contributed by atoms with Crippen LogP contribution in [0.15, 0.2) is 36.4 Å². The first kappa shape index (κ1) is 13.1. The Morgan fingerprint density at radius 3 is 1.21 bits per heavy atom. The molecule has 0 fully saturated rings. The lowest BCUT2D eigenvalue weighted by Crippen LogP contribution is -1.92. The second kappa shape index (κ2) is 5.52. The van der Waals surface area contributed by atoms with Gasteiger partial charge in [0.2, 0.25) is 0 Å². The largest absolute Gasteiger partial charge is 0.508 e. The number of hydrogen-bond donors (Lipinski definition) is 4. The molecule has 0 radical (unpaired) electrons. The minimum absolute atomic E-state index is 0.0569. The van der Waals surface area contributed by atoms with Crippen molar-refractivity contribution in [1.29, 1.82) is 0 Å². The monoisotopic (exact) mass is 260 g/mol. The fourth-order valence-corrected chi connectivity index (χ4v) is 2.08. The highest BCUT2D eigenvalue weighted by Crippen LogP contribution is 2.31. The van der Waals surface area contributed by atoms with Crippen LogP contribution in [0.25, 0.3) is 0 Å². The predicted molar refractivity (Wildman–Crippen MR) is 71.6 cm³/mol. The van der Waals surface area contributed by atoms with E-state index < -0.39 is 0 Å². The van der Waals surface area contributed by atoms with E-state index in [1.165, 1.54) is 24.3 Å². The van der Waals surface area contributed by atoms with E-state index in [1.807, 2.05) is 0 Å². The maximum Gasteiger partial charge on any atom is 0.122 e. The van der Waals surface area contributed by atoms with Gasteiger partial charge in [-0.25, -0.2) is 0 Å². The molecule has 0 saturated heterocycles. The molecule has 0 aliphatic rings. The lowest BCUT2D eigenvalue weighted by atomic mass is 10.0. The molecule has 100 valence electrons. The Hall–Kier alpha value is -2.36. The Morgan fingerprint density at radius 1 is 0.579 bits per heavy atom. The number of rotatable bonds is 4. The van der Waals surface area contributed by atoms with E-state index >= 15 is 0 Å². The average molecular weight is 260 g/mol. The summed E-state index contributed by atoms with van der Waals surface area (Å²) in [5.74, 6) is 0.228. The van der Waals surface area contributed by atoms with Gasteiger partial charge in [-0.1, -0.05) is 12.1 Å². The topological polar surface area (TPSA) is 80.9 Å². The maximum absolute atomic E-state index is 9.64. The molecule has 0 unspecified atom stereocenters. The zero-order valence-corrected chi connectivity index (χ0v) is 10.4. The molecular weight excluding hydrogens is 244 g/mol. The molecule has 0 bridgehead atoms. The molecule has 4 nitrogen and oxygen atoms in total.